The minimum atomic E-state index is -0.395. The molecule has 0 N–H and O–H groups in total. The third-order valence-corrected chi connectivity index (χ3v) is 11.1. The molecule has 8 aromatic carbocycles. The normalized spacial score (nSPS) is 10.8. The highest BCUT2D eigenvalue weighted by molar-refractivity contribution is 6.12. The van der Waals surface area contributed by atoms with Crippen LogP contribution in [-0.4, -0.2) is 19.5 Å². The summed E-state index contributed by atoms with van der Waals surface area (Å²) in [6.45, 7) is 0. The maximum atomic E-state index is 15.2. The number of hydrogen-bond donors (Lipinski definition) is 0. The predicted molar refractivity (Wildman–Crippen MR) is 246 cm³/mol. The molecule has 10 rings (SSSR count). The molecule has 2 aromatic heterocycles. The van der Waals surface area contributed by atoms with E-state index in [1.807, 2.05) is 121 Å². The molecule has 64 heavy (non-hydrogen) atoms. The molecular formula is C55H29FN8. The Hall–Kier alpha value is -9.54. The number of aromatic nitrogens is 4. The van der Waals surface area contributed by atoms with E-state index in [0.717, 1.165) is 49.6 Å². The molecule has 8 nitrogen and oxygen atoms in total. The highest BCUT2D eigenvalue weighted by atomic mass is 19.1. The monoisotopic (exact) mass is 820 g/mol. The van der Waals surface area contributed by atoms with Crippen molar-refractivity contribution in [2.45, 2.75) is 0 Å². The lowest BCUT2D eigenvalue weighted by Crippen LogP contribution is -2.02. The van der Waals surface area contributed by atoms with Crippen LogP contribution >= 0.6 is 0 Å². The van der Waals surface area contributed by atoms with Gasteiger partial charge in [0.2, 0.25) is 0 Å². The van der Waals surface area contributed by atoms with E-state index in [1.165, 1.54) is 12.1 Å². The zero-order chi connectivity index (χ0) is 43.7. The van der Waals surface area contributed by atoms with Crippen LogP contribution in [0.2, 0.25) is 0 Å². The van der Waals surface area contributed by atoms with Gasteiger partial charge in [-0.3, -0.25) is 0 Å². The van der Waals surface area contributed by atoms with Gasteiger partial charge in [-0.1, -0.05) is 109 Å². The van der Waals surface area contributed by atoms with Crippen LogP contribution in [0.3, 0.4) is 0 Å². The number of nitriles is 4. The lowest BCUT2D eigenvalue weighted by Gasteiger charge is -2.17. The molecule has 296 valence electrons. The van der Waals surface area contributed by atoms with Gasteiger partial charge in [0.25, 0.3) is 0 Å². The van der Waals surface area contributed by atoms with Crippen molar-refractivity contribution in [3.05, 3.63) is 204 Å². The topological polar surface area (TPSA) is 139 Å². The molecule has 2 heterocycles. The van der Waals surface area contributed by atoms with E-state index in [0.29, 0.717) is 67.7 Å². The molecule has 0 fully saturated rings. The SMILES string of the molecule is N#Cc1cc(C#N)cc(-c2ccc3c4ccc(-c5cc(C#N)cc(C#N)c5)cc4n(-c4cc(-c5nc(-c6ccccc6)nc(-c6ccccc6)n5)ccc4-c4cccc(F)c4)c3c2)c1. The third kappa shape index (κ3) is 7.14. The molecule has 10 aromatic rings. The maximum Gasteiger partial charge on any atom is 0.164 e. The number of hydrogen-bond acceptors (Lipinski definition) is 7. The van der Waals surface area contributed by atoms with Crippen LogP contribution in [-0.2, 0) is 0 Å². The van der Waals surface area contributed by atoms with Crippen LogP contribution < -0.4 is 0 Å². The van der Waals surface area contributed by atoms with E-state index in [4.69, 9.17) is 15.0 Å². The van der Waals surface area contributed by atoms with Gasteiger partial charge < -0.3 is 4.57 Å². The van der Waals surface area contributed by atoms with Crippen LogP contribution in [0.15, 0.2) is 176 Å². The second kappa shape index (κ2) is 16.1. The summed E-state index contributed by atoms with van der Waals surface area (Å²) in [7, 11) is 0. The minimum absolute atomic E-state index is 0.360. The average molecular weight is 821 g/mol. The van der Waals surface area contributed by atoms with Gasteiger partial charge in [0.05, 0.1) is 63.3 Å². The highest BCUT2D eigenvalue weighted by Crippen LogP contribution is 2.41. The Labute approximate surface area is 366 Å². The Bertz CT molecular complexity index is 3420. The van der Waals surface area contributed by atoms with E-state index >= 15 is 4.39 Å². The molecule has 0 unspecified atom stereocenters. The summed E-state index contributed by atoms with van der Waals surface area (Å²) in [4.78, 5) is 15.0. The number of fused-ring (bicyclic) bond motifs is 3. The zero-order valence-electron chi connectivity index (χ0n) is 33.7. The largest absolute Gasteiger partial charge is 0.309 e. The maximum absolute atomic E-state index is 15.2. The minimum Gasteiger partial charge on any atom is -0.309 e. The molecule has 0 aliphatic carbocycles. The summed E-state index contributed by atoms with van der Waals surface area (Å²) in [5, 5.41) is 41.3. The van der Waals surface area contributed by atoms with Crippen LogP contribution in [0.4, 0.5) is 4.39 Å². The van der Waals surface area contributed by atoms with Crippen molar-refractivity contribution in [2.24, 2.45) is 0 Å². The van der Waals surface area contributed by atoms with Crippen LogP contribution in [0.1, 0.15) is 22.3 Å². The van der Waals surface area contributed by atoms with Crippen molar-refractivity contribution < 1.29 is 4.39 Å². The summed E-state index contributed by atoms with van der Waals surface area (Å²) >= 11 is 0. The Morgan fingerprint density at radius 2 is 0.797 bits per heavy atom. The Morgan fingerprint density at radius 3 is 1.25 bits per heavy atom. The fraction of sp³-hybridized carbons (Fsp3) is 0. The molecule has 0 aliphatic heterocycles. The molecule has 0 spiro atoms. The smallest absolute Gasteiger partial charge is 0.164 e. The zero-order valence-corrected chi connectivity index (χ0v) is 33.7. The molecule has 9 heteroatoms. The van der Waals surface area contributed by atoms with Crippen LogP contribution in [0, 0.1) is 51.1 Å². The molecule has 0 radical (unpaired) electrons. The van der Waals surface area contributed by atoms with Gasteiger partial charge in [-0.2, -0.15) is 21.0 Å². The Balaban J connectivity index is 1.30. The molecular weight excluding hydrogens is 792 g/mol. The van der Waals surface area contributed by atoms with Crippen LogP contribution in [0.5, 0.6) is 0 Å². The first kappa shape index (κ1) is 38.6. The summed E-state index contributed by atoms with van der Waals surface area (Å²) < 4.78 is 17.3. The Kier molecular flexibility index (Phi) is 9.75. The lowest BCUT2D eigenvalue weighted by molar-refractivity contribution is 0.628. The predicted octanol–water partition coefficient (Wildman–Crippen LogP) is 12.6. The molecule has 0 bridgehead atoms. The van der Waals surface area contributed by atoms with Gasteiger partial charge in [0, 0.05) is 33.0 Å². The number of benzene rings is 8. The molecule has 0 saturated carbocycles. The first-order chi connectivity index (χ1) is 31.4. The number of halogens is 1. The van der Waals surface area contributed by atoms with Gasteiger partial charge in [-0.15, -0.1) is 0 Å². The number of rotatable bonds is 7. The first-order valence-corrected chi connectivity index (χ1v) is 20.2. The van der Waals surface area contributed by atoms with E-state index in [2.05, 4.69) is 28.8 Å². The van der Waals surface area contributed by atoms with E-state index in [9.17, 15) is 21.0 Å². The second-order valence-electron chi connectivity index (χ2n) is 15.1. The molecule has 0 amide bonds. The van der Waals surface area contributed by atoms with Gasteiger partial charge in [-0.25, -0.2) is 19.3 Å². The van der Waals surface area contributed by atoms with Crippen molar-refractivity contribution in [1.82, 2.24) is 19.5 Å². The average Bonchev–Trinajstić information content (AvgIpc) is 3.69. The molecule has 0 atom stereocenters. The second-order valence-corrected chi connectivity index (χ2v) is 15.1. The van der Waals surface area contributed by atoms with E-state index < -0.39 is 5.82 Å². The van der Waals surface area contributed by atoms with Crippen molar-refractivity contribution in [3.8, 4) is 97.5 Å². The van der Waals surface area contributed by atoms with Crippen molar-refractivity contribution in [3.63, 3.8) is 0 Å². The van der Waals surface area contributed by atoms with Crippen molar-refractivity contribution in [1.29, 1.82) is 21.0 Å². The quantitative estimate of drug-likeness (QED) is 0.156. The summed E-state index contributed by atoms with van der Waals surface area (Å²) in [6.07, 6.45) is 0. The van der Waals surface area contributed by atoms with Crippen molar-refractivity contribution >= 4 is 21.8 Å². The molecule has 0 aliphatic rings. The molecule has 0 saturated heterocycles. The van der Waals surface area contributed by atoms with Gasteiger partial charge in [0.15, 0.2) is 17.5 Å². The summed E-state index contributed by atoms with van der Waals surface area (Å²) in [5.41, 5.74) is 10.3. The van der Waals surface area contributed by atoms with Gasteiger partial charge >= 0.3 is 0 Å². The van der Waals surface area contributed by atoms with Crippen LogP contribution in [0.25, 0.3) is 95.0 Å². The first-order valence-electron chi connectivity index (χ1n) is 20.2. The fourth-order valence-electron chi connectivity index (χ4n) is 8.18. The third-order valence-electron chi connectivity index (χ3n) is 11.1. The van der Waals surface area contributed by atoms with Crippen molar-refractivity contribution in [2.75, 3.05) is 0 Å². The summed E-state index contributed by atoms with van der Waals surface area (Å²) in [6, 6.07) is 62.7. The number of nitrogens with zero attached hydrogens (tertiary/aromatic N) is 8. The van der Waals surface area contributed by atoms with E-state index in [1.54, 1.807) is 42.5 Å². The van der Waals surface area contributed by atoms with Gasteiger partial charge in [0.1, 0.15) is 5.82 Å². The van der Waals surface area contributed by atoms with Gasteiger partial charge in [-0.05, 0) is 94.5 Å². The highest BCUT2D eigenvalue weighted by Gasteiger charge is 2.21. The standard InChI is InChI=1S/C55H29FN8/c56-46-13-7-12-42(26-46)47-17-16-43(55-62-53(38-8-3-1-4-9-38)61-54(63-55)39-10-5-2-6-11-39)29-50(47)64-51-27-40(44-22-34(30-57)20-35(23-44)31-58)14-18-48(51)49-19-15-41(28-52(49)64)45-24-36(32-59)21-37(25-45)33-60/h1-29H. The summed E-state index contributed by atoms with van der Waals surface area (Å²) in [5.74, 6) is 1.03. The lowest BCUT2D eigenvalue weighted by atomic mass is 9.98. The van der Waals surface area contributed by atoms with E-state index in [-0.39, 0.29) is 0 Å². The fourth-order valence-corrected chi connectivity index (χ4v) is 8.18. The Morgan fingerprint density at radius 1 is 0.359 bits per heavy atom.